The molecule has 6 nitrogen and oxygen atoms in total. The molecule has 6 rings (SSSR count). The van der Waals surface area contributed by atoms with Crippen LogP contribution in [0.1, 0.15) is 54.6 Å². The van der Waals surface area contributed by atoms with Gasteiger partial charge >= 0.3 is 5.63 Å². The molecule has 2 aromatic heterocycles. The minimum Gasteiger partial charge on any atom is -0.460 e. The Morgan fingerprint density at radius 3 is 2.57 bits per heavy atom. The van der Waals surface area contributed by atoms with Crippen molar-refractivity contribution in [3.05, 3.63) is 69.3 Å². The number of aliphatic hydroxyl groups is 1. The number of carbonyl (C=O) groups excluding carboxylic acids is 1. The summed E-state index contributed by atoms with van der Waals surface area (Å²) < 4.78 is 12.0. The summed E-state index contributed by atoms with van der Waals surface area (Å²) >= 11 is 0. The zero-order chi connectivity index (χ0) is 25.9. The van der Waals surface area contributed by atoms with Crippen LogP contribution in [0.2, 0.25) is 0 Å². The number of aryl methyl sites for hydroxylation is 3. The van der Waals surface area contributed by atoms with E-state index in [-0.39, 0.29) is 18.2 Å². The molecular formula is C31H33NO5. The summed E-state index contributed by atoms with van der Waals surface area (Å²) in [5.41, 5.74) is 4.15. The average Bonchev–Trinajstić information content (AvgIpc) is 3.23. The van der Waals surface area contributed by atoms with Gasteiger partial charge in [0.25, 0.3) is 0 Å². The normalized spacial score (nSPS) is 21.9. The summed E-state index contributed by atoms with van der Waals surface area (Å²) in [7, 11) is 0. The van der Waals surface area contributed by atoms with E-state index in [1.54, 1.807) is 0 Å². The maximum Gasteiger partial charge on any atom is 0.340 e. The lowest BCUT2D eigenvalue weighted by molar-refractivity contribution is -0.142. The van der Waals surface area contributed by atoms with Crippen LogP contribution in [-0.4, -0.2) is 34.6 Å². The standard InChI is InChI=1S/C31H33NO5/c1-18-23-15-25-27(21-9-5-4-6-10-21)20(3)36-29(25)19(2)28(23)37-30(34)24(18)16-26(33)32-14-13-31(35)12-8-7-11-22(31)17-32/h4-6,9-10,15,22,35H,7-8,11-14,16-17H2,1-3H3/t22-,31+/m0/s1. The van der Waals surface area contributed by atoms with Gasteiger partial charge in [-0.3, -0.25) is 4.79 Å². The van der Waals surface area contributed by atoms with Crippen molar-refractivity contribution >= 4 is 27.8 Å². The van der Waals surface area contributed by atoms with Gasteiger partial charge in [-0.1, -0.05) is 43.2 Å². The van der Waals surface area contributed by atoms with Crippen molar-refractivity contribution in [1.82, 2.24) is 4.90 Å². The van der Waals surface area contributed by atoms with Gasteiger partial charge in [-0.2, -0.15) is 0 Å². The van der Waals surface area contributed by atoms with Crippen LogP contribution in [0.15, 0.2) is 50.0 Å². The van der Waals surface area contributed by atoms with Gasteiger partial charge in [-0.15, -0.1) is 0 Å². The first kappa shape index (κ1) is 24.0. The predicted octanol–water partition coefficient (Wildman–Crippen LogP) is 5.83. The SMILES string of the molecule is Cc1oc2c(C)c3oc(=O)c(CC(=O)N4CC[C@]5(O)CCCC[C@H]5C4)c(C)c3cc2c1-c1ccccc1. The molecule has 1 aliphatic carbocycles. The highest BCUT2D eigenvalue weighted by Gasteiger charge is 2.43. The molecule has 1 N–H and O–H groups in total. The maximum absolute atomic E-state index is 13.4. The zero-order valence-electron chi connectivity index (χ0n) is 21.7. The van der Waals surface area contributed by atoms with Crippen molar-refractivity contribution in [2.75, 3.05) is 13.1 Å². The number of hydrogen-bond acceptors (Lipinski definition) is 5. The molecule has 1 aliphatic heterocycles. The van der Waals surface area contributed by atoms with Crippen molar-refractivity contribution in [2.24, 2.45) is 5.92 Å². The van der Waals surface area contributed by atoms with Crippen molar-refractivity contribution in [1.29, 1.82) is 0 Å². The molecule has 1 saturated carbocycles. The predicted molar refractivity (Wildman–Crippen MR) is 144 cm³/mol. The molecule has 0 radical (unpaired) electrons. The Hall–Kier alpha value is -3.38. The Morgan fingerprint density at radius 1 is 1.03 bits per heavy atom. The summed E-state index contributed by atoms with van der Waals surface area (Å²) in [5, 5.41) is 12.8. The van der Waals surface area contributed by atoms with E-state index in [2.05, 4.69) is 12.1 Å². The van der Waals surface area contributed by atoms with E-state index in [9.17, 15) is 14.7 Å². The van der Waals surface area contributed by atoms with Crippen LogP contribution in [0.4, 0.5) is 0 Å². The quantitative estimate of drug-likeness (QED) is 0.359. The number of carbonyl (C=O) groups is 1. The molecule has 2 aliphatic rings. The Bertz CT molecular complexity index is 1580. The summed E-state index contributed by atoms with van der Waals surface area (Å²) in [5.74, 6) is 0.844. The molecule has 1 amide bonds. The first-order valence-electron chi connectivity index (χ1n) is 13.3. The molecule has 2 fully saturated rings. The topological polar surface area (TPSA) is 83.9 Å². The van der Waals surface area contributed by atoms with Crippen LogP contribution < -0.4 is 5.63 Å². The number of amides is 1. The van der Waals surface area contributed by atoms with Gasteiger partial charge in [-0.05, 0) is 57.2 Å². The molecule has 2 atom stereocenters. The Morgan fingerprint density at radius 2 is 1.78 bits per heavy atom. The number of benzene rings is 2. The van der Waals surface area contributed by atoms with E-state index in [1.807, 2.05) is 49.9 Å². The second kappa shape index (κ2) is 8.88. The molecule has 1 saturated heterocycles. The van der Waals surface area contributed by atoms with Crippen LogP contribution in [0.5, 0.6) is 0 Å². The molecule has 0 unspecified atom stereocenters. The van der Waals surface area contributed by atoms with E-state index < -0.39 is 11.2 Å². The molecule has 192 valence electrons. The highest BCUT2D eigenvalue weighted by Crippen LogP contribution is 2.41. The fraction of sp³-hybridized carbons (Fsp3) is 0.419. The molecule has 2 aromatic carbocycles. The van der Waals surface area contributed by atoms with Crippen LogP contribution in [0, 0.1) is 26.7 Å². The third kappa shape index (κ3) is 3.89. The van der Waals surface area contributed by atoms with Crippen LogP contribution in [0.3, 0.4) is 0 Å². The van der Waals surface area contributed by atoms with Gasteiger partial charge in [0.2, 0.25) is 5.91 Å². The monoisotopic (exact) mass is 499 g/mol. The molecule has 0 bridgehead atoms. The van der Waals surface area contributed by atoms with Gasteiger partial charge in [-0.25, -0.2) is 4.79 Å². The Balaban J connectivity index is 1.39. The van der Waals surface area contributed by atoms with Crippen molar-refractivity contribution in [3.63, 3.8) is 0 Å². The Kier molecular flexibility index (Phi) is 5.75. The number of likely N-dealkylation sites (tertiary alicyclic amines) is 1. The highest BCUT2D eigenvalue weighted by molar-refractivity contribution is 6.06. The fourth-order valence-corrected chi connectivity index (χ4v) is 6.60. The van der Waals surface area contributed by atoms with Crippen molar-refractivity contribution < 1.29 is 18.7 Å². The van der Waals surface area contributed by atoms with E-state index >= 15 is 0 Å². The van der Waals surface area contributed by atoms with Crippen LogP contribution >= 0.6 is 0 Å². The summed E-state index contributed by atoms with van der Waals surface area (Å²) in [4.78, 5) is 28.3. The van der Waals surface area contributed by atoms with E-state index in [4.69, 9.17) is 8.83 Å². The van der Waals surface area contributed by atoms with E-state index in [1.165, 1.54) is 0 Å². The molecular weight excluding hydrogens is 466 g/mol. The molecule has 4 aromatic rings. The first-order valence-corrected chi connectivity index (χ1v) is 13.3. The van der Waals surface area contributed by atoms with Gasteiger partial charge in [0.05, 0.1) is 17.6 Å². The summed E-state index contributed by atoms with van der Waals surface area (Å²) in [6, 6.07) is 12.1. The first-order chi connectivity index (χ1) is 17.8. The molecule has 0 spiro atoms. The number of nitrogens with zero attached hydrogens (tertiary/aromatic N) is 1. The minimum absolute atomic E-state index is 0.00228. The summed E-state index contributed by atoms with van der Waals surface area (Å²) in [6.07, 6.45) is 4.51. The molecule has 3 heterocycles. The van der Waals surface area contributed by atoms with Crippen LogP contribution in [-0.2, 0) is 11.2 Å². The van der Waals surface area contributed by atoms with Crippen LogP contribution in [0.25, 0.3) is 33.1 Å². The van der Waals surface area contributed by atoms with E-state index in [0.717, 1.165) is 64.5 Å². The van der Waals surface area contributed by atoms with Gasteiger partial charge < -0.3 is 18.8 Å². The number of furan rings is 1. The highest BCUT2D eigenvalue weighted by atomic mass is 16.4. The van der Waals surface area contributed by atoms with Crippen molar-refractivity contribution in [3.8, 4) is 11.1 Å². The maximum atomic E-state index is 13.4. The van der Waals surface area contributed by atoms with E-state index in [0.29, 0.717) is 36.2 Å². The number of piperidine rings is 1. The molecule has 37 heavy (non-hydrogen) atoms. The average molecular weight is 500 g/mol. The second-order valence-electron chi connectivity index (χ2n) is 11.0. The largest absolute Gasteiger partial charge is 0.460 e. The Labute approximate surface area is 215 Å². The fourth-order valence-electron chi connectivity index (χ4n) is 6.60. The molecule has 6 heteroatoms. The number of rotatable bonds is 3. The van der Waals surface area contributed by atoms with Gasteiger partial charge in [0.15, 0.2) is 0 Å². The third-order valence-electron chi connectivity index (χ3n) is 8.80. The lowest BCUT2D eigenvalue weighted by atomic mass is 9.71. The summed E-state index contributed by atoms with van der Waals surface area (Å²) in [6.45, 7) is 6.85. The van der Waals surface area contributed by atoms with Gasteiger partial charge in [0, 0.05) is 40.9 Å². The number of hydrogen-bond donors (Lipinski definition) is 1. The second-order valence-corrected chi connectivity index (χ2v) is 11.0. The lowest BCUT2D eigenvalue weighted by Gasteiger charge is -2.47. The zero-order valence-corrected chi connectivity index (χ0v) is 21.7. The number of fused-ring (bicyclic) bond motifs is 3. The smallest absolute Gasteiger partial charge is 0.340 e. The third-order valence-corrected chi connectivity index (χ3v) is 8.80. The van der Waals surface area contributed by atoms with Crippen molar-refractivity contribution in [2.45, 2.75) is 64.9 Å². The minimum atomic E-state index is -0.644. The lowest BCUT2D eigenvalue weighted by Crippen LogP contribution is -2.55. The van der Waals surface area contributed by atoms with Gasteiger partial charge in [0.1, 0.15) is 16.9 Å².